The Morgan fingerprint density at radius 3 is 2.55 bits per heavy atom. The van der Waals surface area contributed by atoms with Gasteiger partial charge in [0.2, 0.25) is 0 Å². The van der Waals surface area contributed by atoms with E-state index in [0.29, 0.717) is 23.2 Å². The quantitative estimate of drug-likeness (QED) is 0.817. The Morgan fingerprint density at radius 1 is 1.35 bits per heavy atom. The molecule has 20 heavy (non-hydrogen) atoms. The second-order valence-corrected chi connectivity index (χ2v) is 6.38. The van der Waals surface area contributed by atoms with Gasteiger partial charge in [-0.2, -0.15) is 10.4 Å². The molecule has 0 bridgehead atoms. The predicted molar refractivity (Wildman–Crippen MR) is 83.7 cm³/mol. The summed E-state index contributed by atoms with van der Waals surface area (Å²) in [4.78, 5) is 0. The van der Waals surface area contributed by atoms with E-state index in [1.165, 1.54) is 0 Å². The molecule has 1 aromatic carbocycles. The zero-order valence-electron chi connectivity index (χ0n) is 11.4. The van der Waals surface area contributed by atoms with Gasteiger partial charge in [-0.15, -0.1) is 0 Å². The maximum Gasteiger partial charge on any atom is 0.145 e. The van der Waals surface area contributed by atoms with Crippen molar-refractivity contribution in [3.63, 3.8) is 0 Å². The lowest BCUT2D eigenvalue weighted by atomic mass is 10.1. The van der Waals surface area contributed by atoms with E-state index in [1.54, 1.807) is 4.68 Å². The molecule has 0 unspecified atom stereocenters. The van der Waals surface area contributed by atoms with Crippen molar-refractivity contribution in [1.82, 2.24) is 9.78 Å². The number of nitriles is 1. The highest BCUT2D eigenvalue weighted by Gasteiger charge is 2.17. The van der Waals surface area contributed by atoms with E-state index in [1.807, 2.05) is 24.3 Å². The molecule has 2 aromatic rings. The predicted octanol–water partition coefficient (Wildman–Crippen LogP) is 4.42. The maximum absolute atomic E-state index is 9.23. The van der Waals surface area contributed by atoms with Crippen molar-refractivity contribution in [2.24, 2.45) is 5.92 Å². The molecule has 0 amide bonds. The van der Waals surface area contributed by atoms with Crippen molar-refractivity contribution in [3.05, 3.63) is 50.7 Å². The Morgan fingerprint density at radius 2 is 2.00 bits per heavy atom. The average molecular weight is 353 g/mol. The smallest absolute Gasteiger partial charge is 0.145 e. The van der Waals surface area contributed by atoms with Crippen LogP contribution in [0.4, 0.5) is 0 Å². The average Bonchev–Trinajstić information content (AvgIpc) is 2.67. The minimum absolute atomic E-state index is 0.422. The molecule has 5 heteroatoms. The van der Waals surface area contributed by atoms with Crippen LogP contribution in [-0.4, -0.2) is 9.78 Å². The Kier molecular flexibility index (Phi) is 4.85. The van der Waals surface area contributed by atoms with E-state index >= 15 is 0 Å². The van der Waals surface area contributed by atoms with Gasteiger partial charge in [0.05, 0.1) is 12.2 Å². The number of hydrogen-bond acceptors (Lipinski definition) is 2. The van der Waals surface area contributed by atoms with Gasteiger partial charge in [-0.25, -0.2) is 4.68 Å². The van der Waals surface area contributed by atoms with Gasteiger partial charge in [0, 0.05) is 4.47 Å². The lowest BCUT2D eigenvalue weighted by Crippen LogP contribution is -2.03. The van der Waals surface area contributed by atoms with Gasteiger partial charge >= 0.3 is 0 Å². The van der Waals surface area contributed by atoms with Crippen LogP contribution in [0, 0.1) is 17.2 Å². The summed E-state index contributed by atoms with van der Waals surface area (Å²) in [5.41, 5.74) is 2.38. The zero-order valence-corrected chi connectivity index (χ0v) is 13.7. The fourth-order valence-electron chi connectivity index (χ4n) is 2.00. The number of hydrogen-bond donors (Lipinski definition) is 0. The normalized spacial score (nSPS) is 10.8. The number of benzene rings is 1. The van der Waals surface area contributed by atoms with Gasteiger partial charge in [0.15, 0.2) is 0 Å². The second-order valence-electron chi connectivity index (χ2n) is 5.11. The van der Waals surface area contributed by atoms with Crippen molar-refractivity contribution in [2.45, 2.75) is 26.8 Å². The van der Waals surface area contributed by atoms with E-state index in [9.17, 15) is 5.26 Å². The van der Waals surface area contributed by atoms with E-state index in [0.717, 1.165) is 22.2 Å². The molecule has 0 aliphatic heterocycles. The number of aromatic nitrogens is 2. The van der Waals surface area contributed by atoms with Crippen LogP contribution in [0.15, 0.2) is 28.7 Å². The molecule has 0 fully saturated rings. The standard InChI is InChI=1S/C15H15BrClN3/c1-10(2)7-14-13(8-18)15(17)20(19-14)9-11-3-5-12(16)6-4-11/h3-6,10H,7,9H2,1-2H3. The molecule has 0 spiro atoms. The molecule has 0 atom stereocenters. The highest BCUT2D eigenvalue weighted by Crippen LogP contribution is 2.23. The fourth-order valence-corrected chi connectivity index (χ4v) is 2.51. The van der Waals surface area contributed by atoms with Crippen molar-refractivity contribution in [2.75, 3.05) is 0 Å². The van der Waals surface area contributed by atoms with E-state index in [-0.39, 0.29) is 0 Å². The van der Waals surface area contributed by atoms with Gasteiger partial charge in [-0.05, 0) is 30.0 Å². The first-order valence-corrected chi connectivity index (χ1v) is 7.58. The maximum atomic E-state index is 9.23. The third-order valence-corrected chi connectivity index (χ3v) is 3.83. The molecule has 1 aromatic heterocycles. The minimum atomic E-state index is 0.422. The van der Waals surface area contributed by atoms with Crippen LogP contribution in [0.2, 0.25) is 5.15 Å². The fraction of sp³-hybridized carbons (Fsp3) is 0.333. The SMILES string of the molecule is CC(C)Cc1nn(Cc2ccc(Br)cc2)c(Cl)c1C#N. The van der Waals surface area contributed by atoms with Crippen LogP contribution < -0.4 is 0 Å². The molecule has 2 rings (SSSR count). The summed E-state index contributed by atoms with van der Waals surface area (Å²) in [7, 11) is 0. The van der Waals surface area contributed by atoms with Crippen LogP contribution in [-0.2, 0) is 13.0 Å². The Balaban J connectivity index is 2.30. The van der Waals surface area contributed by atoms with Crippen LogP contribution in [0.5, 0.6) is 0 Å². The largest absolute Gasteiger partial charge is 0.248 e. The van der Waals surface area contributed by atoms with Gasteiger partial charge in [0.1, 0.15) is 16.8 Å². The molecule has 104 valence electrons. The molecular weight excluding hydrogens is 338 g/mol. The zero-order chi connectivity index (χ0) is 14.7. The molecule has 0 saturated heterocycles. The summed E-state index contributed by atoms with van der Waals surface area (Å²) in [5, 5.41) is 14.1. The van der Waals surface area contributed by atoms with Gasteiger partial charge in [-0.3, -0.25) is 0 Å². The second kappa shape index (κ2) is 6.43. The Bertz CT molecular complexity index is 638. The monoisotopic (exact) mass is 351 g/mol. The number of halogens is 2. The molecule has 1 heterocycles. The summed E-state index contributed by atoms with van der Waals surface area (Å²) in [6, 6.07) is 10.1. The van der Waals surface area contributed by atoms with Gasteiger partial charge in [-0.1, -0.05) is 53.5 Å². The summed E-state index contributed by atoms with van der Waals surface area (Å²) in [5.74, 6) is 0.439. The van der Waals surface area contributed by atoms with Crippen molar-refractivity contribution in [3.8, 4) is 6.07 Å². The Hall–Kier alpha value is -1.31. The molecular formula is C15H15BrClN3. The van der Waals surface area contributed by atoms with Crippen molar-refractivity contribution >= 4 is 27.5 Å². The molecule has 0 aliphatic rings. The van der Waals surface area contributed by atoms with Crippen molar-refractivity contribution < 1.29 is 0 Å². The first kappa shape index (κ1) is 15.1. The molecule has 0 saturated carbocycles. The number of nitrogens with zero attached hydrogens (tertiary/aromatic N) is 3. The summed E-state index contributed by atoms with van der Waals surface area (Å²) >= 11 is 9.67. The van der Waals surface area contributed by atoms with Crippen molar-refractivity contribution in [1.29, 1.82) is 5.26 Å². The molecule has 0 N–H and O–H groups in total. The number of rotatable bonds is 4. The summed E-state index contributed by atoms with van der Waals surface area (Å²) < 4.78 is 2.73. The van der Waals surface area contributed by atoms with E-state index < -0.39 is 0 Å². The Labute approximate surface area is 132 Å². The minimum Gasteiger partial charge on any atom is -0.248 e. The summed E-state index contributed by atoms with van der Waals surface area (Å²) in [6.07, 6.45) is 0.760. The third kappa shape index (κ3) is 3.41. The topological polar surface area (TPSA) is 41.6 Å². The van der Waals surface area contributed by atoms with Gasteiger partial charge in [0.25, 0.3) is 0 Å². The highest BCUT2D eigenvalue weighted by molar-refractivity contribution is 9.10. The highest BCUT2D eigenvalue weighted by atomic mass is 79.9. The van der Waals surface area contributed by atoms with E-state index in [2.05, 4.69) is 40.9 Å². The van der Waals surface area contributed by atoms with Crippen LogP contribution in [0.3, 0.4) is 0 Å². The van der Waals surface area contributed by atoms with E-state index in [4.69, 9.17) is 11.6 Å². The van der Waals surface area contributed by atoms with Crippen LogP contribution >= 0.6 is 27.5 Å². The molecule has 0 radical (unpaired) electrons. The summed E-state index contributed by atoms with van der Waals surface area (Å²) in [6.45, 7) is 4.77. The lowest BCUT2D eigenvalue weighted by molar-refractivity contribution is 0.608. The van der Waals surface area contributed by atoms with Gasteiger partial charge < -0.3 is 0 Å². The third-order valence-electron chi connectivity index (χ3n) is 2.92. The first-order valence-electron chi connectivity index (χ1n) is 6.41. The molecule has 0 aliphatic carbocycles. The molecule has 3 nitrogen and oxygen atoms in total. The lowest BCUT2D eigenvalue weighted by Gasteiger charge is -2.04. The first-order chi connectivity index (χ1) is 9.51. The van der Waals surface area contributed by atoms with Crippen LogP contribution in [0.25, 0.3) is 0 Å². The van der Waals surface area contributed by atoms with Crippen LogP contribution in [0.1, 0.15) is 30.7 Å².